The summed E-state index contributed by atoms with van der Waals surface area (Å²) >= 11 is 0. The maximum Gasteiger partial charge on any atom is 0.323 e. The van der Waals surface area contributed by atoms with Crippen LogP contribution in [-0.4, -0.2) is 26.0 Å². The van der Waals surface area contributed by atoms with Gasteiger partial charge in [0.05, 0.1) is 5.69 Å². The third kappa shape index (κ3) is 2.42. The lowest BCUT2D eigenvalue weighted by atomic mass is 9.77. The zero-order valence-corrected chi connectivity index (χ0v) is 11.8. The highest BCUT2D eigenvalue weighted by molar-refractivity contribution is 5.79. The van der Waals surface area contributed by atoms with Gasteiger partial charge in [0.1, 0.15) is 11.2 Å². The summed E-state index contributed by atoms with van der Waals surface area (Å²) in [5.41, 5.74) is 1.12. The molecule has 1 fully saturated rings. The summed E-state index contributed by atoms with van der Waals surface area (Å²) in [4.78, 5) is 27.8. The molecule has 6 nitrogen and oxygen atoms in total. The first-order valence-corrected chi connectivity index (χ1v) is 6.98. The van der Waals surface area contributed by atoms with Gasteiger partial charge in [0, 0.05) is 18.8 Å². The van der Waals surface area contributed by atoms with Crippen LogP contribution in [0.2, 0.25) is 0 Å². The standard InChI is InChI=1S/C15H17N3O3/c1-10-3-4-12-17-11(7-13(19)18(12)9-10)8-16-15(14(20)21)5-2-6-15/h3-4,7,9,16H,2,5-6,8H2,1H3,(H,20,21). The first kappa shape index (κ1) is 13.8. The van der Waals surface area contributed by atoms with Gasteiger partial charge in [-0.15, -0.1) is 0 Å². The van der Waals surface area contributed by atoms with E-state index in [1.807, 2.05) is 13.0 Å². The Labute approximate surface area is 121 Å². The van der Waals surface area contributed by atoms with Crippen molar-refractivity contribution in [1.82, 2.24) is 14.7 Å². The number of carboxylic acid groups (broad SMARTS) is 1. The Bertz CT molecular complexity index is 762. The van der Waals surface area contributed by atoms with Crippen molar-refractivity contribution in [3.05, 3.63) is 46.0 Å². The lowest BCUT2D eigenvalue weighted by Crippen LogP contribution is -2.56. The van der Waals surface area contributed by atoms with Gasteiger partial charge in [0.2, 0.25) is 0 Å². The monoisotopic (exact) mass is 287 g/mol. The van der Waals surface area contributed by atoms with Crippen LogP contribution in [0.5, 0.6) is 0 Å². The molecule has 0 aromatic carbocycles. The van der Waals surface area contributed by atoms with Gasteiger partial charge in [0.25, 0.3) is 5.56 Å². The van der Waals surface area contributed by atoms with E-state index in [0.717, 1.165) is 12.0 Å². The second kappa shape index (κ2) is 4.96. The van der Waals surface area contributed by atoms with Crippen LogP contribution >= 0.6 is 0 Å². The van der Waals surface area contributed by atoms with Crippen molar-refractivity contribution in [3.63, 3.8) is 0 Å². The van der Waals surface area contributed by atoms with Crippen molar-refractivity contribution in [1.29, 1.82) is 0 Å². The number of pyridine rings is 1. The molecule has 0 spiro atoms. The Morgan fingerprint density at radius 3 is 2.86 bits per heavy atom. The van der Waals surface area contributed by atoms with E-state index >= 15 is 0 Å². The maximum absolute atomic E-state index is 12.1. The van der Waals surface area contributed by atoms with Gasteiger partial charge in [-0.3, -0.25) is 19.3 Å². The fourth-order valence-corrected chi connectivity index (χ4v) is 2.61. The molecule has 0 amide bonds. The molecule has 2 heterocycles. The van der Waals surface area contributed by atoms with E-state index in [0.29, 0.717) is 24.2 Å². The predicted molar refractivity (Wildman–Crippen MR) is 77.3 cm³/mol. The minimum absolute atomic E-state index is 0.154. The van der Waals surface area contributed by atoms with E-state index in [4.69, 9.17) is 0 Å². The number of hydrogen-bond acceptors (Lipinski definition) is 4. The zero-order valence-electron chi connectivity index (χ0n) is 11.8. The molecule has 1 aliphatic carbocycles. The Morgan fingerprint density at radius 2 is 2.24 bits per heavy atom. The van der Waals surface area contributed by atoms with Crippen LogP contribution in [0.15, 0.2) is 29.2 Å². The third-order valence-corrected chi connectivity index (χ3v) is 4.08. The lowest BCUT2D eigenvalue weighted by Gasteiger charge is -2.38. The molecule has 0 bridgehead atoms. The van der Waals surface area contributed by atoms with Crippen molar-refractivity contribution in [2.75, 3.05) is 0 Å². The number of carbonyl (C=O) groups is 1. The van der Waals surface area contributed by atoms with E-state index in [2.05, 4.69) is 10.3 Å². The van der Waals surface area contributed by atoms with Gasteiger partial charge in [0.15, 0.2) is 0 Å². The van der Waals surface area contributed by atoms with Crippen LogP contribution in [0.3, 0.4) is 0 Å². The SMILES string of the molecule is Cc1ccc2nc(CNC3(C(=O)O)CCC3)cc(=O)n2c1. The van der Waals surface area contributed by atoms with Gasteiger partial charge in [-0.2, -0.15) is 0 Å². The molecular formula is C15H17N3O3. The molecular weight excluding hydrogens is 270 g/mol. The number of carboxylic acids is 1. The van der Waals surface area contributed by atoms with Crippen LogP contribution < -0.4 is 10.9 Å². The van der Waals surface area contributed by atoms with Crippen LogP contribution in [0, 0.1) is 6.92 Å². The van der Waals surface area contributed by atoms with Gasteiger partial charge in [-0.25, -0.2) is 4.98 Å². The van der Waals surface area contributed by atoms with Gasteiger partial charge >= 0.3 is 5.97 Å². The number of aryl methyl sites for hydroxylation is 1. The second-order valence-electron chi connectivity index (χ2n) is 5.61. The first-order valence-electron chi connectivity index (χ1n) is 6.98. The maximum atomic E-state index is 12.1. The molecule has 0 unspecified atom stereocenters. The van der Waals surface area contributed by atoms with Gasteiger partial charge < -0.3 is 5.11 Å². The topological polar surface area (TPSA) is 83.7 Å². The van der Waals surface area contributed by atoms with E-state index in [1.54, 1.807) is 12.3 Å². The summed E-state index contributed by atoms with van der Waals surface area (Å²) in [5.74, 6) is -0.832. The number of nitrogens with zero attached hydrogens (tertiary/aromatic N) is 2. The molecule has 2 aromatic heterocycles. The molecule has 3 rings (SSSR count). The van der Waals surface area contributed by atoms with E-state index in [1.165, 1.54) is 10.5 Å². The van der Waals surface area contributed by atoms with Crippen LogP contribution in [0.4, 0.5) is 0 Å². The number of fused-ring (bicyclic) bond motifs is 1. The molecule has 0 atom stereocenters. The minimum Gasteiger partial charge on any atom is -0.480 e. The fraction of sp³-hybridized carbons (Fsp3) is 0.400. The first-order chi connectivity index (χ1) is 10.00. The van der Waals surface area contributed by atoms with Crippen molar-refractivity contribution in [2.24, 2.45) is 0 Å². The van der Waals surface area contributed by atoms with Crippen molar-refractivity contribution in [3.8, 4) is 0 Å². The minimum atomic E-state index is -0.847. The summed E-state index contributed by atoms with van der Waals surface area (Å²) in [7, 11) is 0. The Hall–Kier alpha value is -2.21. The quantitative estimate of drug-likeness (QED) is 0.879. The number of rotatable bonds is 4. The second-order valence-corrected chi connectivity index (χ2v) is 5.61. The van der Waals surface area contributed by atoms with Crippen molar-refractivity contribution >= 4 is 11.6 Å². The number of nitrogens with one attached hydrogen (secondary N) is 1. The zero-order chi connectivity index (χ0) is 15.0. The third-order valence-electron chi connectivity index (χ3n) is 4.08. The molecule has 2 N–H and O–H groups in total. The summed E-state index contributed by atoms with van der Waals surface area (Å²) in [6.07, 6.45) is 3.89. The molecule has 110 valence electrons. The lowest BCUT2D eigenvalue weighted by molar-refractivity contribution is -0.148. The van der Waals surface area contributed by atoms with Crippen LogP contribution in [-0.2, 0) is 11.3 Å². The summed E-state index contributed by atoms with van der Waals surface area (Å²) < 4.78 is 1.50. The highest BCUT2D eigenvalue weighted by Crippen LogP contribution is 2.32. The van der Waals surface area contributed by atoms with Crippen LogP contribution in [0.1, 0.15) is 30.5 Å². The summed E-state index contributed by atoms with van der Waals surface area (Å²) in [5, 5.41) is 12.3. The van der Waals surface area contributed by atoms with E-state index in [-0.39, 0.29) is 12.1 Å². The number of hydrogen-bond donors (Lipinski definition) is 2. The Balaban J connectivity index is 1.87. The van der Waals surface area contributed by atoms with Crippen LogP contribution in [0.25, 0.3) is 5.65 Å². The average Bonchev–Trinajstić information content (AvgIpc) is 2.38. The molecule has 21 heavy (non-hydrogen) atoms. The molecule has 0 radical (unpaired) electrons. The molecule has 6 heteroatoms. The Kier molecular flexibility index (Phi) is 3.25. The predicted octanol–water partition coefficient (Wildman–Crippen LogP) is 1.10. The highest BCUT2D eigenvalue weighted by Gasteiger charge is 2.43. The number of aromatic nitrogens is 2. The molecule has 0 saturated heterocycles. The smallest absolute Gasteiger partial charge is 0.323 e. The largest absolute Gasteiger partial charge is 0.480 e. The highest BCUT2D eigenvalue weighted by atomic mass is 16.4. The summed E-state index contributed by atoms with van der Waals surface area (Å²) in [6.45, 7) is 2.19. The summed E-state index contributed by atoms with van der Waals surface area (Å²) in [6, 6.07) is 5.13. The molecule has 1 saturated carbocycles. The van der Waals surface area contributed by atoms with Gasteiger partial charge in [-0.1, -0.05) is 6.07 Å². The molecule has 0 aliphatic heterocycles. The Morgan fingerprint density at radius 1 is 1.48 bits per heavy atom. The molecule has 1 aliphatic rings. The van der Waals surface area contributed by atoms with E-state index < -0.39 is 11.5 Å². The molecule has 2 aromatic rings. The fourth-order valence-electron chi connectivity index (χ4n) is 2.61. The number of aliphatic carboxylic acids is 1. The van der Waals surface area contributed by atoms with Crippen molar-refractivity contribution in [2.45, 2.75) is 38.3 Å². The van der Waals surface area contributed by atoms with E-state index in [9.17, 15) is 14.7 Å². The van der Waals surface area contributed by atoms with Crippen molar-refractivity contribution < 1.29 is 9.90 Å². The average molecular weight is 287 g/mol. The van der Waals surface area contributed by atoms with Gasteiger partial charge in [-0.05, 0) is 37.8 Å². The normalized spacial score (nSPS) is 16.6.